The van der Waals surface area contributed by atoms with E-state index in [4.69, 9.17) is 15.2 Å². The molecule has 7 heteroatoms. The van der Waals surface area contributed by atoms with Crippen LogP contribution in [0.5, 0.6) is 5.88 Å². The minimum Gasteiger partial charge on any atom is -0.481 e. The Bertz CT molecular complexity index is 784. The molecule has 2 aromatic heterocycles. The lowest BCUT2D eigenvalue weighted by molar-refractivity contribution is 0.146. The van der Waals surface area contributed by atoms with Crippen molar-refractivity contribution in [3.8, 4) is 5.88 Å². The Morgan fingerprint density at radius 2 is 2.15 bits per heavy atom. The van der Waals surface area contributed by atoms with E-state index in [1.54, 1.807) is 26.3 Å². The van der Waals surface area contributed by atoms with Gasteiger partial charge in [0.15, 0.2) is 0 Å². The Hall–Kier alpha value is -2.67. The number of nitrogens with two attached hydrogens (primary N) is 1. The van der Waals surface area contributed by atoms with Gasteiger partial charge in [-0.15, -0.1) is 0 Å². The van der Waals surface area contributed by atoms with E-state index in [0.717, 1.165) is 5.69 Å². The summed E-state index contributed by atoms with van der Waals surface area (Å²) in [5.74, 6) is 0.339. The molecular formula is C19H24N4O3. The molecule has 0 radical (unpaired) electrons. The molecule has 0 unspecified atom stereocenters. The van der Waals surface area contributed by atoms with Crippen molar-refractivity contribution < 1.29 is 14.3 Å². The van der Waals surface area contributed by atoms with Crippen molar-refractivity contribution in [2.75, 3.05) is 18.6 Å². The van der Waals surface area contributed by atoms with Crippen LogP contribution in [0.3, 0.4) is 0 Å². The molecule has 0 saturated heterocycles. The van der Waals surface area contributed by atoms with Crippen molar-refractivity contribution in [1.29, 1.82) is 0 Å². The number of carbonyl (C=O) groups excluding carboxylic acids is 1. The highest BCUT2D eigenvalue weighted by Gasteiger charge is 2.46. The first-order valence-corrected chi connectivity index (χ1v) is 8.75. The number of rotatable bonds is 4. The van der Waals surface area contributed by atoms with E-state index in [0.29, 0.717) is 30.1 Å². The van der Waals surface area contributed by atoms with E-state index in [1.165, 1.54) is 4.90 Å². The van der Waals surface area contributed by atoms with Gasteiger partial charge in [-0.05, 0) is 38.0 Å². The number of ether oxygens (including phenoxy) is 2. The molecule has 0 aliphatic carbocycles. The highest BCUT2D eigenvalue weighted by atomic mass is 16.6. The highest BCUT2D eigenvalue weighted by molar-refractivity contribution is 5.91. The molecule has 1 aliphatic rings. The van der Waals surface area contributed by atoms with Gasteiger partial charge < -0.3 is 15.2 Å². The molecule has 0 aromatic carbocycles. The van der Waals surface area contributed by atoms with Crippen molar-refractivity contribution in [2.45, 2.75) is 38.3 Å². The predicted octanol–water partition coefficient (Wildman–Crippen LogP) is 3.05. The van der Waals surface area contributed by atoms with Gasteiger partial charge in [-0.1, -0.05) is 13.0 Å². The lowest BCUT2D eigenvalue weighted by Crippen LogP contribution is -2.61. The number of fused-ring (bicyclic) bond motifs is 1. The normalized spacial score (nSPS) is 21.8. The number of nitrogens with zero attached hydrogens (tertiary/aromatic N) is 3. The standard InChI is InChI=1S/C19H24N4O3/c1-4-19(20)12-13(14-8-6-7-11-21-14)17-15(9-10-16(22-17)25-3)23(19)18(24)26-5-2/h6-11,13H,4-5,12,20H2,1-3H3/t13-,19+/m0/s1. The van der Waals surface area contributed by atoms with Crippen LogP contribution in [0, 0.1) is 0 Å². The van der Waals surface area contributed by atoms with E-state index in [-0.39, 0.29) is 12.5 Å². The van der Waals surface area contributed by atoms with Gasteiger partial charge in [0.1, 0.15) is 5.66 Å². The molecule has 0 fully saturated rings. The van der Waals surface area contributed by atoms with Crippen LogP contribution in [0.15, 0.2) is 36.5 Å². The van der Waals surface area contributed by atoms with Crippen LogP contribution in [0.4, 0.5) is 10.5 Å². The van der Waals surface area contributed by atoms with Crippen LogP contribution in [-0.4, -0.2) is 35.4 Å². The van der Waals surface area contributed by atoms with Crippen LogP contribution in [0.1, 0.15) is 44.0 Å². The Morgan fingerprint density at radius 3 is 2.77 bits per heavy atom. The Labute approximate surface area is 153 Å². The first kappa shape index (κ1) is 18.1. The van der Waals surface area contributed by atoms with E-state index >= 15 is 0 Å². The van der Waals surface area contributed by atoms with E-state index in [2.05, 4.69) is 9.97 Å². The Kier molecular flexibility index (Phi) is 5.08. The summed E-state index contributed by atoms with van der Waals surface area (Å²) in [5.41, 5.74) is 8.00. The van der Waals surface area contributed by atoms with Crippen LogP contribution in [0.2, 0.25) is 0 Å². The summed E-state index contributed by atoms with van der Waals surface area (Å²) in [6.45, 7) is 4.01. The maximum absolute atomic E-state index is 12.7. The number of anilines is 1. The fraction of sp³-hybridized carbons (Fsp3) is 0.421. The molecule has 2 atom stereocenters. The third-order valence-electron chi connectivity index (χ3n) is 4.77. The second-order valence-corrected chi connectivity index (χ2v) is 6.26. The molecule has 138 valence electrons. The minimum absolute atomic E-state index is 0.142. The second kappa shape index (κ2) is 7.29. The number of hydrogen-bond donors (Lipinski definition) is 1. The quantitative estimate of drug-likeness (QED) is 0.905. The van der Waals surface area contributed by atoms with Crippen molar-refractivity contribution in [3.05, 3.63) is 47.9 Å². The second-order valence-electron chi connectivity index (χ2n) is 6.26. The van der Waals surface area contributed by atoms with Gasteiger partial charge in [-0.25, -0.2) is 9.78 Å². The molecular weight excluding hydrogens is 332 g/mol. The zero-order valence-electron chi connectivity index (χ0n) is 15.3. The number of pyridine rings is 2. The molecule has 2 N–H and O–H groups in total. The first-order valence-electron chi connectivity index (χ1n) is 8.75. The van der Waals surface area contributed by atoms with Crippen LogP contribution >= 0.6 is 0 Å². The third-order valence-corrected chi connectivity index (χ3v) is 4.77. The SMILES string of the molecule is CCOC(=O)N1c2ccc(OC)nc2[C@H](c2ccccn2)C[C@@]1(N)CC. The van der Waals surface area contributed by atoms with E-state index < -0.39 is 11.8 Å². The van der Waals surface area contributed by atoms with Crippen LogP contribution in [-0.2, 0) is 4.74 Å². The minimum atomic E-state index is -0.891. The number of methoxy groups -OCH3 is 1. The van der Waals surface area contributed by atoms with Crippen LogP contribution < -0.4 is 15.4 Å². The molecule has 1 amide bonds. The molecule has 0 saturated carbocycles. The van der Waals surface area contributed by atoms with Crippen LogP contribution in [0.25, 0.3) is 0 Å². The molecule has 3 rings (SSSR count). The molecule has 7 nitrogen and oxygen atoms in total. The smallest absolute Gasteiger partial charge is 0.415 e. The van der Waals surface area contributed by atoms with Gasteiger partial charge in [0.2, 0.25) is 5.88 Å². The average Bonchev–Trinajstić information content (AvgIpc) is 2.67. The topological polar surface area (TPSA) is 90.6 Å². The fourth-order valence-corrected chi connectivity index (χ4v) is 3.39. The lowest BCUT2D eigenvalue weighted by atomic mass is 9.82. The molecule has 2 aromatic rings. The van der Waals surface area contributed by atoms with Gasteiger partial charge >= 0.3 is 6.09 Å². The average molecular weight is 356 g/mol. The summed E-state index contributed by atoms with van der Waals surface area (Å²) >= 11 is 0. The lowest BCUT2D eigenvalue weighted by Gasteiger charge is -2.46. The molecule has 1 aliphatic heterocycles. The van der Waals surface area contributed by atoms with Crippen molar-refractivity contribution in [2.24, 2.45) is 5.73 Å². The van der Waals surface area contributed by atoms with E-state index in [1.807, 2.05) is 31.2 Å². The molecule has 3 heterocycles. The van der Waals surface area contributed by atoms with Gasteiger partial charge in [-0.3, -0.25) is 9.88 Å². The monoisotopic (exact) mass is 356 g/mol. The molecule has 0 spiro atoms. The number of hydrogen-bond acceptors (Lipinski definition) is 6. The van der Waals surface area contributed by atoms with Gasteiger partial charge in [0, 0.05) is 23.9 Å². The molecule has 26 heavy (non-hydrogen) atoms. The summed E-state index contributed by atoms with van der Waals surface area (Å²) in [6.07, 6.45) is 2.34. The van der Waals surface area contributed by atoms with Crippen molar-refractivity contribution in [3.63, 3.8) is 0 Å². The number of carbonyl (C=O) groups is 1. The van der Waals surface area contributed by atoms with Gasteiger partial charge in [0.05, 0.1) is 25.1 Å². The van der Waals surface area contributed by atoms with Gasteiger partial charge in [0.25, 0.3) is 0 Å². The maximum Gasteiger partial charge on any atom is 0.415 e. The van der Waals surface area contributed by atoms with Crippen molar-refractivity contribution in [1.82, 2.24) is 9.97 Å². The number of amides is 1. The zero-order chi connectivity index (χ0) is 18.7. The summed E-state index contributed by atoms with van der Waals surface area (Å²) in [5, 5.41) is 0. The number of aromatic nitrogens is 2. The summed E-state index contributed by atoms with van der Waals surface area (Å²) in [7, 11) is 1.57. The zero-order valence-corrected chi connectivity index (χ0v) is 15.3. The fourth-order valence-electron chi connectivity index (χ4n) is 3.39. The highest BCUT2D eigenvalue weighted by Crippen LogP contribution is 2.45. The van der Waals surface area contributed by atoms with Gasteiger partial charge in [-0.2, -0.15) is 0 Å². The Balaban J connectivity index is 2.18. The summed E-state index contributed by atoms with van der Waals surface area (Å²) in [6, 6.07) is 9.29. The Morgan fingerprint density at radius 1 is 1.35 bits per heavy atom. The molecule has 0 bridgehead atoms. The van der Waals surface area contributed by atoms with E-state index in [9.17, 15) is 4.79 Å². The largest absolute Gasteiger partial charge is 0.481 e. The maximum atomic E-state index is 12.7. The third kappa shape index (κ3) is 3.10. The van der Waals surface area contributed by atoms with Crippen molar-refractivity contribution >= 4 is 11.8 Å². The predicted molar refractivity (Wildman–Crippen MR) is 98.2 cm³/mol. The summed E-state index contributed by atoms with van der Waals surface area (Å²) in [4.78, 5) is 23.3. The summed E-state index contributed by atoms with van der Waals surface area (Å²) < 4.78 is 10.6. The first-order chi connectivity index (χ1) is 12.5.